The average molecular weight is 194 g/mol. The van der Waals surface area contributed by atoms with Gasteiger partial charge in [0.25, 0.3) is 0 Å². The Kier molecular flexibility index (Phi) is 3.09. The first-order chi connectivity index (χ1) is 6.45. The third-order valence-electron chi connectivity index (χ3n) is 2.54. The van der Waals surface area contributed by atoms with Crippen LogP contribution in [0.25, 0.3) is 0 Å². The number of nitrogens with zero attached hydrogens (tertiary/aromatic N) is 2. The number of ether oxygens (including phenoxy) is 1. The molecule has 0 amide bonds. The topological polar surface area (TPSA) is 35.0 Å². The fourth-order valence-electron chi connectivity index (χ4n) is 1.07. The normalized spacial score (nSPS) is 13.8. The van der Waals surface area contributed by atoms with Crippen LogP contribution in [0.4, 0.5) is 0 Å². The van der Waals surface area contributed by atoms with Crippen molar-refractivity contribution >= 4 is 0 Å². The first-order valence-electron chi connectivity index (χ1n) is 4.82. The molecule has 78 valence electrons. The highest BCUT2D eigenvalue weighted by Crippen LogP contribution is 2.32. The summed E-state index contributed by atoms with van der Waals surface area (Å²) in [7, 11) is 1.62. The molecule has 0 aromatic carbocycles. The van der Waals surface area contributed by atoms with Gasteiger partial charge in [0, 0.05) is 18.2 Å². The van der Waals surface area contributed by atoms with Crippen molar-refractivity contribution in [3.05, 3.63) is 18.1 Å². The van der Waals surface area contributed by atoms with Crippen LogP contribution in [-0.4, -0.2) is 17.1 Å². The molecule has 0 aliphatic rings. The Morgan fingerprint density at radius 1 is 1.36 bits per heavy atom. The molecule has 1 aromatic heterocycles. The summed E-state index contributed by atoms with van der Waals surface area (Å²) in [6.07, 6.45) is 1.74. The average Bonchev–Trinajstić information content (AvgIpc) is 2.15. The molecular weight excluding hydrogens is 176 g/mol. The quantitative estimate of drug-likeness (QED) is 0.726. The van der Waals surface area contributed by atoms with Gasteiger partial charge in [0.15, 0.2) is 0 Å². The largest absolute Gasteiger partial charge is 0.481 e. The van der Waals surface area contributed by atoms with Crippen LogP contribution in [0, 0.1) is 5.41 Å². The Morgan fingerprint density at radius 3 is 2.50 bits per heavy atom. The van der Waals surface area contributed by atoms with Gasteiger partial charge in [-0.15, -0.1) is 0 Å². The van der Waals surface area contributed by atoms with Gasteiger partial charge in [-0.3, -0.25) is 0 Å². The summed E-state index contributed by atoms with van der Waals surface area (Å²) in [5.74, 6) is 1.79. The van der Waals surface area contributed by atoms with E-state index in [0.29, 0.717) is 11.8 Å². The Balaban J connectivity index is 2.95. The summed E-state index contributed by atoms with van der Waals surface area (Å²) in [6.45, 7) is 8.68. The SMILES string of the molecule is COc1ccnc(C(C)C(C)(C)C)n1. The molecule has 1 atom stereocenters. The van der Waals surface area contributed by atoms with Crippen LogP contribution >= 0.6 is 0 Å². The van der Waals surface area contributed by atoms with Crippen molar-refractivity contribution in [3.8, 4) is 5.88 Å². The molecular formula is C11H18N2O. The minimum absolute atomic E-state index is 0.173. The zero-order chi connectivity index (χ0) is 10.8. The maximum atomic E-state index is 5.07. The Hall–Kier alpha value is -1.12. The molecule has 0 spiro atoms. The van der Waals surface area contributed by atoms with E-state index in [1.807, 2.05) is 0 Å². The standard InChI is InChI=1S/C11H18N2O/c1-8(11(2,3)4)10-12-7-6-9(13-10)14-5/h6-8H,1-5H3. The monoisotopic (exact) mass is 194 g/mol. The number of aromatic nitrogens is 2. The smallest absolute Gasteiger partial charge is 0.216 e. The molecule has 1 unspecified atom stereocenters. The van der Waals surface area contributed by atoms with Crippen molar-refractivity contribution in [2.45, 2.75) is 33.6 Å². The van der Waals surface area contributed by atoms with Crippen LogP contribution in [0.5, 0.6) is 5.88 Å². The Bertz CT molecular complexity index is 304. The number of methoxy groups -OCH3 is 1. The van der Waals surface area contributed by atoms with Crippen molar-refractivity contribution in [2.75, 3.05) is 7.11 Å². The van der Waals surface area contributed by atoms with Crippen molar-refractivity contribution < 1.29 is 4.74 Å². The van der Waals surface area contributed by atoms with Gasteiger partial charge in [-0.25, -0.2) is 4.98 Å². The minimum Gasteiger partial charge on any atom is -0.481 e. The minimum atomic E-state index is 0.173. The van der Waals surface area contributed by atoms with E-state index in [-0.39, 0.29) is 5.41 Å². The molecule has 3 heteroatoms. The molecule has 14 heavy (non-hydrogen) atoms. The summed E-state index contributed by atoms with van der Waals surface area (Å²) in [5, 5.41) is 0. The molecule has 1 heterocycles. The van der Waals surface area contributed by atoms with Crippen molar-refractivity contribution in [3.63, 3.8) is 0 Å². The molecule has 0 aliphatic heterocycles. The summed E-state index contributed by atoms with van der Waals surface area (Å²) >= 11 is 0. The molecule has 1 rings (SSSR count). The lowest BCUT2D eigenvalue weighted by atomic mass is 9.81. The molecule has 0 aliphatic carbocycles. The maximum absolute atomic E-state index is 5.07. The Morgan fingerprint density at radius 2 is 2.00 bits per heavy atom. The van der Waals surface area contributed by atoms with Gasteiger partial charge >= 0.3 is 0 Å². The van der Waals surface area contributed by atoms with E-state index in [4.69, 9.17) is 4.74 Å². The van der Waals surface area contributed by atoms with E-state index in [0.717, 1.165) is 5.82 Å². The van der Waals surface area contributed by atoms with Gasteiger partial charge in [0.05, 0.1) is 7.11 Å². The second-order valence-electron chi connectivity index (χ2n) is 4.54. The molecule has 0 saturated carbocycles. The molecule has 0 saturated heterocycles. The molecule has 0 bridgehead atoms. The van der Waals surface area contributed by atoms with Gasteiger partial charge < -0.3 is 4.74 Å². The van der Waals surface area contributed by atoms with Gasteiger partial charge in [-0.2, -0.15) is 4.98 Å². The third-order valence-corrected chi connectivity index (χ3v) is 2.54. The fraction of sp³-hybridized carbons (Fsp3) is 0.636. The van der Waals surface area contributed by atoms with Gasteiger partial charge in [-0.1, -0.05) is 27.7 Å². The third kappa shape index (κ3) is 2.44. The lowest BCUT2D eigenvalue weighted by molar-refractivity contribution is 0.322. The number of hydrogen-bond donors (Lipinski definition) is 0. The molecule has 0 fully saturated rings. The molecule has 3 nitrogen and oxygen atoms in total. The maximum Gasteiger partial charge on any atom is 0.216 e. The molecule has 1 aromatic rings. The first kappa shape index (κ1) is 11.0. The van der Waals surface area contributed by atoms with E-state index in [1.165, 1.54) is 0 Å². The van der Waals surface area contributed by atoms with E-state index in [1.54, 1.807) is 19.4 Å². The van der Waals surface area contributed by atoms with Crippen LogP contribution < -0.4 is 4.74 Å². The zero-order valence-corrected chi connectivity index (χ0v) is 9.53. The Labute approximate surface area is 85.5 Å². The van der Waals surface area contributed by atoms with E-state index in [9.17, 15) is 0 Å². The van der Waals surface area contributed by atoms with Crippen molar-refractivity contribution in [1.82, 2.24) is 9.97 Å². The number of hydrogen-bond acceptors (Lipinski definition) is 3. The van der Waals surface area contributed by atoms with Gasteiger partial charge in [-0.05, 0) is 5.41 Å². The number of rotatable bonds is 2. The molecule has 0 N–H and O–H groups in total. The van der Waals surface area contributed by atoms with Crippen LogP contribution in [0.3, 0.4) is 0 Å². The highest BCUT2D eigenvalue weighted by molar-refractivity contribution is 5.11. The zero-order valence-electron chi connectivity index (χ0n) is 9.53. The summed E-state index contributed by atoms with van der Waals surface area (Å²) in [4.78, 5) is 8.59. The van der Waals surface area contributed by atoms with Crippen LogP contribution in [0.2, 0.25) is 0 Å². The summed E-state index contributed by atoms with van der Waals surface area (Å²) in [6, 6.07) is 1.76. The van der Waals surface area contributed by atoms with Crippen LogP contribution in [0.15, 0.2) is 12.3 Å². The first-order valence-corrected chi connectivity index (χ1v) is 4.82. The van der Waals surface area contributed by atoms with Gasteiger partial charge in [0.1, 0.15) is 5.82 Å². The van der Waals surface area contributed by atoms with Crippen LogP contribution in [-0.2, 0) is 0 Å². The second kappa shape index (κ2) is 3.95. The lowest BCUT2D eigenvalue weighted by Crippen LogP contribution is -2.17. The van der Waals surface area contributed by atoms with Crippen molar-refractivity contribution in [2.24, 2.45) is 5.41 Å². The van der Waals surface area contributed by atoms with Crippen molar-refractivity contribution in [1.29, 1.82) is 0 Å². The van der Waals surface area contributed by atoms with E-state index >= 15 is 0 Å². The predicted octanol–water partition coefficient (Wildman–Crippen LogP) is 2.63. The lowest BCUT2D eigenvalue weighted by Gasteiger charge is -2.25. The molecule has 0 radical (unpaired) electrons. The predicted molar refractivity (Wildman–Crippen MR) is 56.5 cm³/mol. The van der Waals surface area contributed by atoms with Gasteiger partial charge in [0.2, 0.25) is 5.88 Å². The highest BCUT2D eigenvalue weighted by atomic mass is 16.5. The summed E-state index contributed by atoms with van der Waals surface area (Å²) in [5.41, 5.74) is 0.173. The van der Waals surface area contributed by atoms with E-state index < -0.39 is 0 Å². The second-order valence-corrected chi connectivity index (χ2v) is 4.54. The van der Waals surface area contributed by atoms with E-state index in [2.05, 4.69) is 37.7 Å². The van der Waals surface area contributed by atoms with Crippen LogP contribution in [0.1, 0.15) is 39.4 Å². The fourth-order valence-corrected chi connectivity index (χ4v) is 1.07. The summed E-state index contributed by atoms with van der Waals surface area (Å²) < 4.78 is 5.07. The highest BCUT2D eigenvalue weighted by Gasteiger charge is 2.24.